The smallest absolute Gasteiger partial charge is 0.407 e. The standard InChI is InChI=1S/C19H28N4O4.C14H24N2O6.C10H14N2O.2ClH/c1-23(2)19(27)16(13-6-4-3-5-7-13)22-15(24)11-21-18(26)17(25)14(20)10-12-8-9-12;1-14(2,3)22-13(21)16-9(6-8-4-5-8)11(19)12(20)15-7-10(17)18;1-12(2)10(13)9(11)8-6-4-3-5-7-8;;/h3-7,12,14,16-17,25H,8-11,20H2,1-2H3,(H,21,26)(H,22,24);8-9,11,19H,4-7H2,1-3H3,(H,15,20)(H,16,21)(H,17,18);3-7,9H,11H2,1-2H3;2*1H/t14?,16-,17?;;9-;;/m0.0../s1. The zero-order valence-electron chi connectivity index (χ0n) is 37.5. The Kier molecular flexibility index (Phi) is 26.4. The Hall–Kier alpha value is -5.05. The van der Waals surface area contributed by atoms with Crippen molar-refractivity contribution in [2.24, 2.45) is 23.3 Å². The van der Waals surface area contributed by atoms with Crippen LogP contribution in [0.3, 0.4) is 0 Å². The van der Waals surface area contributed by atoms with E-state index in [1.165, 1.54) is 9.80 Å². The van der Waals surface area contributed by atoms with Crippen LogP contribution in [0.15, 0.2) is 60.7 Å². The van der Waals surface area contributed by atoms with Crippen molar-refractivity contribution in [2.45, 2.75) is 101 Å². The summed E-state index contributed by atoms with van der Waals surface area (Å²) in [7, 11) is 6.60. The number of alkyl carbamates (subject to hydrolysis) is 1. The predicted molar refractivity (Wildman–Crippen MR) is 244 cm³/mol. The van der Waals surface area contributed by atoms with Gasteiger partial charge in [-0.05, 0) is 56.6 Å². The van der Waals surface area contributed by atoms with Gasteiger partial charge in [-0.25, -0.2) is 4.79 Å². The van der Waals surface area contributed by atoms with E-state index < -0.39 is 78.3 Å². The SMILES string of the molecule is CC(C)(C)OC(=O)NC(CC1CC1)C(O)C(=O)NCC(=O)O.CN(C)C(=O)[C@@H](N)c1ccccc1.CN(C)C(=O)[C@@H](NC(=O)CNC(=O)C(O)C(N)CC1CC1)c1ccccc1.Cl.Cl. The van der Waals surface area contributed by atoms with Gasteiger partial charge in [-0.2, -0.15) is 0 Å². The van der Waals surface area contributed by atoms with Crippen LogP contribution in [0.4, 0.5) is 4.79 Å². The van der Waals surface area contributed by atoms with Crippen molar-refractivity contribution in [1.82, 2.24) is 31.1 Å². The van der Waals surface area contributed by atoms with Crippen molar-refractivity contribution >= 4 is 66.4 Å². The monoisotopic (exact) mass is 942 g/mol. The fourth-order valence-electron chi connectivity index (χ4n) is 5.71. The summed E-state index contributed by atoms with van der Waals surface area (Å²) in [5, 5.41) is 38.1. The molecule has 2 aromatic rings. The van der Waals surface area contributed by atoms with Gasteiger partial charge in [-0.1, -0.05) is 86.3 Å². The summed E-state index contributed by atoms with van der Waals surface area (Å²) in [5.74, 6) is -2.79. The average molecular weight is 944 g/mol. The van der Waals surface area contributed by atoms with E-state index in [0.29, 0.717) is 30.2 Å². The second-order valence-corrected chi connectivity index (χ2v) is 16.8. The summed E-state index contributed by atoms with van der Waals surface area (Å²) >= 11 is 0. The Morgan fingerprint density at radius 1 is 0.688 bits per heavy atom. The van der Waals surface area contributed by atoms with Crippen LogP contribution in [0.5, 0.6) is 0 Å². The number of amides is 6. The number of halogens is 2. The molecule has 6 atom stereocenters. The van der Waals surface area contributed by atoms with Gasteiger partial charge in [0.05, 0.1) is 12.6 Å². The molecular weight excluding hydrogens is 875 g/mol. The second-order valence-electron chi connectivity index (χ2n) is 16.8. The number of aliphatic carboxylic acids is 1. The molecule has 360 valence electrons. The van der Waals surface area contributed by atoms with Crippen LogP contribution in [0.2, 0.25) is 0 Å². The van der Waals surface area contributed by atoms with E-state index in [9.17, 15) is 43.8 Å². The van der Waals surface area contributed by atoms with E-state index in [1.54, 1.807) is 73.2 Å². The molecule has 2 aromatic carbocycles. The van der Waals surface area contributed by atoms with Crippen LogP contribution in [-0.4, -0.2) is 138 Å². The van der Waals surface area contributed by atoms with Crippen molar-refractivity contribution in [3.8, 4) is 0 Å². The van der Waals surface area contributed by atoms with Crippen LogP contribution in [-0.2, 0) is 33.5 Å². The number of nitrogens with two attached hydrogens (primary N) is 2. The van der Waals surface area contributed by atoms with Gasteiger partial charge in [0.15, 0.2) is 6.10 Å². The number of benzene rings is 2. The number of nitrogens with zero attached hydrogens (tertiary/aromatic N) is 2. The molecule has 21 heteroatoms. The fraction of sp³-hybridized carbons (Fsp3) is 0.558. The Balaban J connectivity index is 0.000000967. The molecule has 0 aromatic heterocycles. The highest BCUT2D eigenvalue weighted by Crippen LogP contribution is 2.34. The van der Waals surface area contributed by atoms with Gasteiger partial charge in [-0.15, -0.1) is 24.8 Å². The molecule has 2 aliphatic carbocycles. The van der Waals surface area contributed by atoms with Gasteiger partial charge < -0.3 is 62.6 Å². The first-order valence-electron chi connectivity index (χ1n) is 20.5. The van der Waals surface area contributed by atoms with Gasteiger partial charge in [0.2, 0.25) is 17.7 Å². The zero-order valence-corrected chi connectivity index (χ0v) is 39.2. The Morgan fingerprint density at radius 3 is 1.59 bits per heavy atom. The number of hydrogen-bond donors (Lipinski definition) is 9. The van der Waals surface area contributed by atoms with Crippen LogP contribution >= 0.6 is 24.8 Å². The van der Waals surface area contributed by atoms with E-state index in [4.69, 9.17) is 21.3 Å². The lowest BCUT2D eigenvalue weighted by Gasteiger charge is -2.26. The quantitative estimate of drug-likeness (QED) is 0.102. The highest BCUT2D eigenvalue weighted by atomic mass is 35.5. The molecular formula is C43H68Cl2N8O11. The van der Waals surface area contributed by atoms with Gasteiger partial charge in [0, 0.05) is 34.2 Å². The molecule has 2 fully saturated rings. The van der Waals surface area contributed by atoms with Gasteiger partial charge in [-0.3, -0.25) is 28.8 Å². The number of nitrogens with one attached hydrogen (secondary N) is 4. The minimum absolute atomic E-state index is 0. The topological polar surface area (TPSA) is 296 Å². The number of carboxylic acids is 1. The predicted octanol–water partition coefficient (Wildman–Crippen LogP) is 1.40. The number of rotatable bonds is 18. The van der Waals surface area contributed by atoms with Crippen molar-refractivity contribution in [1.29, 1.82) is 0 Å². The van der Waals surface area contributed by atoms with Gasteiger partial charge >= 0.3 is 12.1 Å². The first kappa shape index (κ1) is 58.9. The second kappa shape index (κ2) is 28.7. The molecule has 2 saturated carbocycles. The minimum Gasteiger partial charge on any atom is -0.480 e. The molecule has 0 heterocycles. The minimum atomic E-state index is -1.52. The Bertz CT molecular complexity index is 1780. The largest absolute Gasteiger partial charge is 0.480 e. The van der Waals surface area contributed by atoms with Crippen molar-refractivity contribution in [3.63, 3.8) is 0 Å². The van der Waals surface area contributed by atoms with Gasteiger partial charge in [0.1, 0.15) is 30.3 Å². The van der Waals surface area contributed by atoms with E-state index in [1.807, 2.05) is 36.4 Å². The van der Waals surface area contributed by atoms with Crippen LogP contribution in [0.1, 0.15) is 82.5 Å². The first-order valence-corrected chi connectivity index (χ1v) is 20.5. The lowest BCUT2D eigenvalue weighted by atomic mass is 10.0. The third kappa shape index (κ3) is 23.0. The highest BCUT2D eigenvalue weighted by Gasteiger charge is 2.35. The lowest BCUT2D eigenvalue weighted by molar-refractivity contribution is -0.140. The molecule has 19 nitrogen and oxygen atoms in total. The molecule has 4 unspecified atom stereocenters. The molecule has 0 saturated heterocycles. The maximum absolute atomic E-state index is 12.4. The number of carbonyl (C=O) groups excluding carboxylic acids is 6. The number of aliphatic hydroxyl groups excluding tert-OH is 2. The summed E-state index contributed by atoms with van der Waals surface area (Å²) in [6.45, 7) is 4.18. The fourth-order valence-corrected chi connectivity index (χ4v) is 5.71. The number of ether oxygens (including phenoxy) is 1. The van der Waals surface area contributed by atoms with E-state index >= 15 is 0 Å². The number of hydrogen-bond acceptors (Lipinski definition) is 12. The number of likely N-dealkylation sites (N-methyl/N-ethyl adjacent to an activating group) is 2. The van der Waals surface area contributed by atoms with Crippen molar-refractivity contribution in [2.75, 3.05) is 41.3 Å². The Labute approximate surface area is 387 Å². The van der Waals surface area contributed by atoms with E-state index in [0.717, 1.165) is 31.2 Å². The molecule has 64 heavy (non-hydrogen) atoms. The maximum atomic E-state index is 12.4. The third-order valence-corrected chi connectivity index (χ3v) is 9.44. The summed E-state index contributed by atoms with van der Waals surface area (Å²) in [5.41, 5.74) is 12.4. The summed E-state index contributed by atoms with van der Waals surface area (Å²) < 4.78 is 5.11. The van der Waals surface area contributed by atoms with Gasteiger partial charge in [0.25, 0.3) is 11.8 Å². The zero-order chi connectivity index (χ0) is 46.7. The van der Waals surface area contributed by atoms with E-state index in [2.05, 4.69) is 21.3 Å². The molecule has 6 amide bonds. The van der Waals surface area contributed by atoms with E-state index in [-0.39, 0.29) is 43.2 Å². The van der Waals surface area contributed by atoms with Crippen molar-refractivity contribution in [3.05, 3.63) is 71.8 Å². The summed E-state index contributed by atoms with van der Waals surface area (Å²) in [6.07, 6.45) is 1.56. The summed E-state index contributed by atoms with van der Waals surface area (Å²) in [4.78, 5) is 84.9. The molecule has 0 bridgehead atoms. The van der Waals surface area contributed by atoms with Crippen LogP contribution < -0.4 is 32.7 Å². The molecule has 2 aliphatic rings. The molecule has 4 rings (SSSR count). The first-order chi connectivity index (χ1) is 29.0. The summed E-state index contributed by atoms with van der Waals surface area (Å²) in [6, 6.07) is 15.3. The normalized spacial score (nSPS) is 15.5. The van der Waals surface area contributed by atoms with Crippen molar-refractivity contribution < 1.29 is 53.6 Å². The number of carboxylic acid groups (broad SMARTS) is 1. The molecule has 11 N–H and O–H groups in total. The highest BCUT2D eigenvalue weighted by molar-refractivity contribution is 5.91. The van der Waals surface area contributed by atoms with Crippen LogP contribution in [0.25, 0.3) is 0 Å². The number of carbonyl (C=O) groups is 7. The Morgan fingerprint density at radius 2 is 1.14 bits per heavy atom. The maximum Gasteiger partial charge on any atom is 0.407 e. The molecule has 0 radical (unpaired) electrons. The average Bonchev–Trinajstić information content (AvgIpc) is 4.17. The lowest BCUT2D eigenvalue weighted by Crippen LogP contribution is -2.52. The molecule has 0 spiro atoms. The number of aliphatic hydroxyl groups is 2. The third-order valence-electron chi connectivity index (χ3n) is 9.44. The van der Waals surface area contributed by atoms with Crippen LogP contribution in [0, 0.1) is 11.8 Å². The molecule has 0 aliphatic heterocycles.